The van der Waals surface area contributed by atoms with E-state index in [9.17, 15) is 0 Å². The van der Waals surface area contributed by atoms with Gasteiger partial charge in [0.15, 0.2) is 17.5 Å². The molecule has 8 aromatic rings. The highest BCUT2D eigenvalue weighted by Gasteiger charge is 2.46. The average Bonchev–Trinajstić information content (AvgIpc) is 3.53. The molecule has 236 valence electrons. The van der Waals surface area contributed by atoms with Gasteiger partial charge in [-0.05, 0) is 68.5 Å². The highest BCUT2D eigenvalue weighted by molar-refractivity contribution is 7.25. The number of hydrogen-bond donors (Lipinski definition) is 0. The Labute approximate surface area is 291 Å². The Hall–Kier alpha value is -5.45. The standard InChI is InChI=1S/C45H35N3S/c1-44(2)35-24-25-38-40(34-20-11-12-21-37(34)49-38)39(35)33-23-22-31(27-36(33)45(44,3)4)30-18-13-19-32(26-30)43-47-41(28-14-7-5-8-15-28)46-42(48-43)29-16-9-6-10-17-29/h5-27H,1-4H3. The van der Waals surface area contributed by atoms with E-state index < -0.39 is 0 Å². The van der Waals surface area contributed by atoms with Crippen molar-refractivity contribution in [2.75, 3.05) is 0 Å². The third-order valence-corrected chi connectivity index (χ3v) is 12.0. The molecule has 0 N–H and O–H groups in total. The maximum absolute atomic E-state index is 5.00. The summed E-state index contributed by atoms with van der Waals surface area (Å²) in [5, 5.41) is 2.73. The number of hydrogen-bond acceptors (Lipinski definition) is 4. The molecule has 4 heteroatoms. The number of aromatic nitrogens is 3. The van der Waals surface area contributed by atoms with Gasteiger partial charge in [-0.2, -0.15) is 0 Å². The van der Waals surface area contributed by atoms with Crippen LogP contribution in [0, 0.1) is 0 Å². The van der Waals surface area contributed by atoms with Gasteiger partial charge in [0.2, 0.25) is 0 Å². The SMILES string of the molecule is CC1(C)c2cc(-c3cccc(-c4nc(-c5ccccc5)nc(-c5ccccc5)n4)c3)ccc2-c2c(ccc3sc4ccccc4c23)C1(C)C. The van der Waals surface area contributed by atoms with E-state index in [-0.39, 0.29) is 10.8 Å². The van der Waals surface area contributed by atoms with E-state index in [0.717, 1.165) is 22.3 Å². The van der Waals surface area contributed by atoms with Crippen molar-refractivity contribution in [1.82, 2.24) is 15.0 Å². The Morgan fingerprint density at radius 3 is 1.67 bits per heavy atom. The Morgan fingerprint density at radius 2 is 0.980 bits per heavy atom. The lowest BCUT2D eigenvalue weighted by Gasteiger charge is -2.48. The van der Waals surface area contributed by atoms with Crippen molar-refractivity contribution >= 4 is 31.5 Å². The largest absolute Gasteiger partial charge is 0.208 e. The van der Waals surface area contributed by atoms with Crippen molar-refractivity contribution in [1.29, 1.82) is 0 Å². The van der Waals surface area contributed by atoms with E-state index in [1.54, 1.807) is 0 Å². The summed E-state index contributed by atoms with van der Waals surface area (Å²) in [7, 11) is 0. The number of benzene rings is 6. The summed E-state index contributed by atoms with van der Waals surface area (Å²) in [5.74, 6) is 1.99. The summed E-state index contributed by atoms with van der Waals surface area (Å²) in [4.78, 5) is 14.9. The molecule has 0 amide bonds. The molecular formula is C45H35N3S. The van der Waals surface area contributed by atoms with Gasteiger partial charge in [0.1, 0.15) is 0 Å². The first-order valence-corrected chi connectivity index (χ1v) is 17.7. The lowest BCUT2D eigenvalue weighted by molar-refractivity contribution is 0.299. The summed E-state index contributed by atoms with van der Waals surface area (Å²) in [6.45, 7) is 9.65. The van der Waals surface area contributed by atoms with Crippen molar-refractivity contribution in [3.05, 3.63) is 151 Å². The van der Waals surface area contributed by atoms with E-state index in [4.69, 9.17) is 15.0 Å². The molecule has 0 aliphatic heterocycles. The number of thiophene rings is 1. The summed E-state index contributed by atoms with van der Waals surface area (Å²) < 4.78 is 2.69. The minimum Gasteiger partial charge on any atom is -0.208 e. The van der Waals surface area contributed by atoms with Crippen molar-refractivity contribution in [3.8, 4) is 56.4 Å². The lowest BCUT2D eigenvalue weighted by Crippen LogP contribution is -2.43. The predicted molar refractivity (Wildman–Crippen MR) is 206 cm³/mol. The lowest BCUT2D eigenvalue weighted by atomic mass is 9.55. The molecule has 49 heavy (non-hydrogen) atoms. The van der Waals surface area contributed by atoms with Crippen LogP contribution in [0.2, 0.25) is 0 Å². The first-order valence-electron chi connectivity index (χ1n) is 16.9. The minimum atomic E-state index is -0.105. The third-order valence-electron chi connectivity index (χ3n) is 10.9. The fourth-order valence-electron chi connectivity index (χ4n) is 7.53. The fraction of sp³-hybridized carbons (Fsp3) is 0.133. The van der Waals surface area contributed by atoms with Crippen LogP contribution in [0.5, 0.6) is 0 Å². The van der Waals surface area contributed by atoms with Crippen LogP contribution in [0.4, 0.5) is 0 Å². The maximum atomic E-state index is 5.00. The van der Waals surface area contributed by atoms with E-state index in [2.05, 4.69) is 107 Å². The molecule has 0 spiro atoms. The van der Waals surface area contributed by atoms with E-state index in [0.29, 0.717) is 17.5 Å². The molecule has 6 aromatic carbocycles. The topological polar surface area (TPSA) is 38.7 Å². The van der Waals surface area contributed by atoms with Crippen LogP contribution < -0.4 is 0 Å². The molecule has 0 saturated carbocycles. The van der Waals surface area contributed by atoms with Crippen molar-refractivity contribution in [2.45, 2.75) is 38.5 Å². The highest BCUT2D eigenvalue weighted by Crippen LogP contribution is 2.57. The normalized spacial score (nSPS) is 14.4. The zero-order valence-electron chi connectivity index (χ0n) is 28.0. The summed E-state index contributed by atoms with van der Waals surface area (Å²) in [6.07, 6.45) is 0. The fourth-order valence-corrected chi connectivity index (χ4v) is 8.64. The van der Waals surface area contributed by atoms with Crippen LogP contribution in [0.15, 0.2) is 140 Å². The van der Waals surface area contributed by atoms with Gasteiger partial charge < -0.3 is 0 Å². The molecule has 0 bridgehead atoms. The quantitative estimate of drug-likeness (QED) is 0.190. The first kappa shape index (κ1) is 29.7. The predicted octanol–water partition coefficient (Wildman–Crippen LogP) is 12.1. The van der Waals surface area contributed by atoms with Gasteiger partial charge in [0.05, 0.1) is 0 Å². The van der Waals surface area contributed by atoms with Gasteiger partial charge in [-0.1, -0.05) is 143 Å². The molecule has 0 radical (unpaired) electrons. The first-order chi connectivity index (χ1) is 23.8. The van der Waals surface area contributed by atoms with Crippen LogP contribution in [-0.4, -0.2) is 15.0 Å². The Kier molecular flexibility index (Phi) is 6.69. The number of rotatable bonds is 4. The van der Waals surface area contributed by atoms with Crippen molar-refractivity contribution in [2.24, 2.45) is 0 Å². The Bertz CT molecular complexity index is 2490. The van der Waals surface area contributed by atoms with Gasteiger partial charge in [0.25, 0.3) is 0 Å². The molecule has 2 heterocycles. The van der Waals surface area contributed by atoms with Gasteiger partial charge in [-0.3, -0.25) is 0 Å². The molecule has 3 nitrogen and oxygen atoms in total. The van der Waals surface area contributed by atoms with E-state index >= 15 is 0 Å². The van der Waals surface area contributed by atoms with Crippen molar-refractivity contribution in [3.63, 3.8) is 0 Å². The molecule has 9 rings (SSSR count). The van der Waals surface area contributed by atoms with Gasteiger partial charge in [-0.15, -0.1) is 11.3 Å². The summed E-state index contributed by atoms with van der Waals surface area (Å²) >= 11 is 1.89. The van der Waals surface area contributed by atoms with Crippen molar-refractivity contribution < 1.29 is 0 Å². The van der Waals surface area contributed by atoms with Gasteiger partial charge >= 0.3 is 0 Å². The van der Waals surface area contributed by atoms with Crippen LogP contribution in [0.25, 0.3) is 76.6 Å². The maximum Gasteiger partial charge on any atom is 0.164 e. The molecule has 1 aliphatic carbocycles. The van der Waals surface area contributed by atoms with E-state index in [1.807, 2.05) is 72.0 Å². The summed E-state index contributed by atoms with van der Waals surface area (Å²) in [6, 6.07) is 49.6. The van der Waals surface area contributed by atoms with E-state index in [1.165, 1.54) is 48.0 Å². The van der Waals surface area contributed by atoms with Gasteiger partial charge in [-0.25, -0.2) is 15.0 Å². The summed E-state index contributed by atoms with van der Waals surface area (Å²) in [5.41, 5.74) is 10.6. The van der Waals surface area contributed by atoms with Crippen LogP contribution in [0.3, 0.4) is 0 Å². The molecule has 2 aromatic heterocycles. The minimum absolute atomic E-state index is 0.0837. The number of nitrogens with zero attached hydrogens (tertiary/aromatic N) is 3. The second kappa shape index (κ2) is 11.0. The van der Waals surface area contributed by atoms with Crippen LogP contribution in [0.1, 0.15) is 38.8 Å². The highest BCUT2D eigenvalue weighted by atomic mass is 32.1. The van der Waals surface area contributed by atoms with Gasteiger partial charge in [0, 0.05) is 36.9 Å². The molecular weight excluding hydrogens is 615 g/mol. The van der Waals surface area contributed by atoms with Crippen LogP contribution in [-0.2, 0) is 10.8 Å². The third kappa shape index (κ3) is 4.66. The number of fused-ring (bicyclic) bond motifs is 7. The molecule has 0 fully saturated rings. The Morgan fingerprint density at radius 1 is 0.429 bits per heavy atom. The second-order valence-corrected chi connectivity index (χ2v) is 15.2. The molecule has 0 atom stereocenters. The second-order valence-electron chi connectivity index (χ2n) is 14.1. The monoisotopic (exact) mass is 649 g/mol. The Balaban J connectivity index is 1.21. The zero-order valence-corrected chi connectivity index (χ0v) is 28.8. The zero-order chi connectivity index (χ0) is 33.3. The average molecular weight is 650 g/mol. The molecule has 0 unspecified atom stereocenters. The molecule has 0 saturated heterocycles. The van der Waals surface area contributed by atoms with Crippen LogP contribution >= 0.6 is 11.3 Å². The smallest absolute Gasteiger partial charge is 0.164 e. The molecule has 1 aliphatic rings.